The highest BCUT2D eigenvalue weighted by Gasteiger charge is 2.17. The highest BCUT2D eigenvalue weighted by atomic mass is 32.2. The highest BCUT2D eigenvalue weighted by molar-refractivity contribution is 7.92. The quantitative estimate of drug-likeness (QED) is 0.626. The molecule has 0 aliphatic rings. The molecule has 3 rings (SSSR count). The van der Waals surface area contributed by atoms with Gasteiger partial charge in [-0.1, -0.05) is 54.1 Å². The molecular formula is C23H24N2O3S. The number of hydrogen-bond acceptors (Lipinski definition) is 3. The molecule has 0 fully saturated rings. The van der Waals surface area contributed by atoms with E-state index in [0.29, 0.717) is 11.3 Å². The van der Waals surface area contributed by atoms with E-state index >= 15 is 0 Å². The molecule has 150 valence electrons. The molecule has 6 heteroatoms. The van der Waals surface area contributed by atoms with E-state index < -0.39 is 10.0 Å². The number of rotatable bonds is 6. The monoisotopic (exact) mass is 408 g/mol. The molecular weight excluding hydrogens is 384 g/mol. The van der Waals surface area contributed by atoms with Crippen molar-refractivity contribution >= 4 is 21.6 Å². The smallest absolute Gasteiger partial charge is 0.261 e. The summed E-state index contributed by atoms with van der Waals surface area (Å²) in [6.45, 7) is 5.59. The molecule has 3 aromatic rings. The molecule has 0 aliphatic carbocycles. The molecule has 1 amide bonds. The van der Waals surface area contributed by atoms with Crippen molar-refractivity contribution in [1.29, 1.82) is 0 Å². The number of aryl methyl sites for hydroxylation is 2. The molecule has 29 heavy (non-hydrogen) atoms. The van der Waals surface area contributed by atoms with Gasteiger partial charge in [0.2, 0.25) is 0 Å². The molecule has 0 saturated carbocycles. The Kier molecular flexibility index (Phi) is 6.03. The Bertz CT molecular complexity index is 1110. The Balaban J connectivity index is 1.80. The summed E-state index contributed by atoms with van der Waals surface area (Å²) in [5.74, 6) is -0.267. The van der Waals surface area contributed by atoms with E-state index in [1.54, 1.807) is 49.4 Å². The molecule has 0 unspecified atom stereocenters. The van der Waals surface area contributed by atoms with E-state index in [-0.39, 0.29) is 16.8 Å². The van der Waals surface area contributed by atoms with Crippen molar-refractivity contribution in [3.63, 3.8) is 0 Å². The summed E-state index contributed by atoms with van der Waals surface area (Å²) in [4.78, 5) is 12.9. The largest absolute Gasteiger partial charge is 0.346 e. The van der Waals surface area contributed by atoms with E-state index in [1.807, 2.05) is 44.2 Å². The Morgan fingerprint density at radius 2 is 1.55 bits per heavy atom. The number of nitrogens with one attached hydrogen (secondary N) is 2. The summed E-state index contributed by atoms with van der Waals surface area (Å²) in [7, 11) is -3.74. The molecule has 0 heterocycles. The van der Waals surface area contributed by atoms with Crippen LogP contribution in [0, 0.1) is 13.8 Å². The number of carbonyl (C=O) groups excluding carboxylic acids is 1. The van der Waals surface area contributed by atoms with Gasteiger partial charge in [-0.2, -0.15) is 0 Å². The van der Waals surface area contributed by atoms with E-state index in [4.69, 9.17) is 0 Å². The van der Waals surface area contributed by atoms with Crippen LogP contribution in [0.2, 0.25) is 0 Å². The predicted octanol–water partition coefficient (Wildman–Crippen LogP) is 4.60. The lowest BCUT2D eigenvalue weighted by atomic mass is 10.1. The second kappa shape index (κ2) is 8.49. The summed E-state index contributed by atoms with van der Waals surface area (Å²) >= 11 is 0. The summed E-state index contributed by atoms with van der Waals surface area (Å²) in [6, 6.07) is 21.1. The van der Waals surface area contributed by atoms with Gasteiger partial charge in [-0.3, -0.25) is 9.52 Å². The standard InChI is InChI=1S/C23H24N2O3S/c1-16-9-13-21(14-10-16)29(27,28)25-22-15-20(12-11-17(22)2)23(26)24-18(3)19-7-5-4-6-8-19/h4-15,18,25H,1-3H3,(H,24,26)/t18-/m1/s1. The predicted molar refractivity (Wildman–Crippen MR) is 115 cm³/mol. The highest BCUT2D eigenvalue weighted by Crippen LogP contribution is 2.22. The van der Waals surface area contributed by atoms with Crippen LogP contribution in [-0.2, 0) is 10.0 Å². The number of sulfonamides is 1. The fraction of sp³-hybridized carbons (Fsp3) is 0.174. The third-order valence-corrected chi connectivity index (χ3v) is 6.10. The van der Waals surface area contributed by atoms with Crippen LogP contribution in [-0.4, -0.2) is 14.3 Å². The van der Waals surface area contributed by atoms with Gasteiger partial charge < -0.3 is 5.32 Å². The number of benzene rings is 3. The first-order valence-corrected chi connectivity index (χ1v) is 10.8. The van der Waals surface area contributed by atoms with Crippen molar-refractivity contribution in [3.8, 4) is 0 Å². The van der Waals surface area contributed by atoms with Crippen LogP contribution in [0.3, 0.4) is 0 Å². The van der Waals surface area contributed by atoms with Crippen LogP contribution in [0.25, 0.3) is 0 Å². The van der Waals surface area contributed by atoms with Gasteiger partial charge in [-0.05, 0) is 56.2 Å². The zero-order chi connectivity index (χ0) is 21.0. The van der Waals surface area contributed by atoms with E-state index in [0.717, 1.165) is 16.7 Å². The Labute approximate surface area is 171 Å². The molecule has 0 spiro atoms. The van der Waals surface area contributed by atoms with Crippen LogP contribution >= 0.6 is 0 Å². The third-order valence-electron chi connectivity index (χ3n) is 4.72. The molecule has 2 N–H and O–H groups in total. The van der Waals surface area contributed by atoms with Gasteiger partial charge in [-0.25, -0.2) is 8.42 Å². The van der Waals surface area contributed by atoms with Crippen LogP contribution in [0.4, 0.5) is 5.69 Å². The molecule has 0 bridgehead atoms. The first-order chi connectivity index (χ1) is 13.8. The third kappa shape index (κ3) is 5.03. The maximum Gasteiger partial charge on any atom is 0.261 e. The lowest BCUT2D eigenvalue weighted by Crippen LogP contribution is -2.26. The van der Waals surface area contributed by atoms with Crippen LogP contribution in [0.1, 0.15) is 40.0 Å². The number of anilines is 1. The van der Waals surface area contributed by atoms with Gasteiger partial charge in [0.15, 0.2) is 0 Å². The maximum absolute atomic E-state index is 12.7. The van der Waals surface area contributed by atoms with E-state index in [1.165, 1.54) is 0 Å². The van der Waals surface area contributed by atoms with Crippen LogP contribution in [0.5, 0.6) is 0 Å². The molecule has 0 radical (unpaired) electrons. The normalized spacial score (nSPS) is 12.2. The van der Waals surface area contributed by atoms with Gasteiger partial charge >= 0.3 is 0 Å². The molecule has 0 aliphatic heterocycles. The average molecular weight is 409 g/mol. The van der Waals surface area contributed by atoms with Crippen molar-refractivity contribution in [2.45, 2.75) is 31.7 Å². The second-order valence-corrected chi connectivity index (χ2v) is 8.74. The van der Waals surface area contributed by atoms with E-state index in [2.05, 4.69) is 10.0 Å². The molecule has 5 nitrogen and oxygen atoms in total. The fourth-order valence-corrected chi connectivity index (χ4v) is 4.02. The minimum absolute atomic E-state index is 0.169. The minimum atomic E-state index is -3.74. The van der Waals surface area contributed by atoms with Gasteiger partial charge in [0.05, 0.1) is 16.6 Å². The Morgan fingerprint density at radius 1 is 0.897 bits per heavy atom. The SMILES string of the molecule is Cc1ccc(S(=O)(=O)Nc2cc(C(=O)N[C@H](C)c3ccccc3)ccc2C)cc1. The van der Waals surface area contributed by atoms with Crippen molar-refractivity contribution in [3.05, 3.63) is 95.1 Å². The van der Waals surface area contributed by atoms with Gasteiger partial charge in [0.1, 0.15) is 0 Å². The first-order valence-electron chi connectivity index (χ1n) is 9.32. The van der Waals surface area contributed by atoms with Crippen LogP contribution in [0.15, 0.2) is 77.7 Å². The van der Waals surface area contributed by atoms with Gasteiger partial charge in [0.25, 0.3) is 15.9 Å². The number of carbonyl (C=O) groups is 1. The molecule has 1 atom stereocenters. The van der Waals surface area contributed by atoms with E-state index in [9.17, 15) is 13.2 Å². The van der Waals surface area contributed by atoms with Crippen molar-refractivity contribution in [2.75, 3.05) is 4.72 Å². The number of hydrogen-bond donors (Lipinski definition) is 2. The molecule has 3 aromatic carbocycles. The maximum atomic E-state index is 12.7. The lowest BCUT2D eigenvalue weighted by molar-refractivity contribution is 0.0940. The summed E-state index contributed by atoms with van der Waals surface area (Å²) < 4.78 is 28.0. The summed E-state index contributed by atoms with van der Waals surface area (Å²) in [6.07, 6.45) is 0. The molecule has 0 saturated heterocycles. The van der Waals surface area contributed by atoms with Crippen molar-refractivity contribution in [2.24, 2.45) is 0 Å². The van der Waals surface area contributed by atoms with Gasteiger partial charge in [-0.15, -0.1) is 0 Å². The average Bonchev–Trinajstić information content (AvgIpc) is 2.70. The van der Waals surface area contributed by atoms with Gasteiger partial charge in [0, 0.05) is 5.56 Å². The lowest BCUT2D eigenvalue weighted by Gasteiger charge is -2.16. The summed E-state index contributed by atoms with van der Waals surface area (Å²) in [5, 5.41) is 2.94. The zero-order valence-corrected chi connectivity index (χ0v) is 17.5. The van der Waals surface area contributed by atoms with Crippen LogP contribution < -0.4 is 10.0 Å². The second-order valence-electron chi connectivity index (χ2n) is 7.05. The molecule has 0 aromatic heterocycles. The fourth-order valence-electron chi connectivity index (χ4n) is 2.90. The van der Waals surface area contributed by atoms with Crippen molar-refractivity contribution in [1.82, 2.24) is 5.32 Å². The number of amides is 1. The first kappa shape index (κ1) is 20.6. The van der Waals surface area contributed by atoms with Crippen molar-refractivity contribution < 1.29 is 13.2 Å². The topological polar surface area (TPSA) is 75.3 Å². The zero-order valence-electron chi connectivity index (χ0n) is 16.6. The Hall–Kier alpha value is -3.12. The minimum Gasteiger partial charge on any atom is -0.346 e. The Morgan fingerprint density at radius 3 is 2.21 bits per heavy atom. The summed E-state index contributed by atoms with van der Waals surface area (Å²) in [5.41, 5.74) is 3.47.